The number of carboxylic acids is 1. The number of amides is 1. The Bertz CT molecular complexity index is 1520. The molecule has 5 rings (SSSR count). The number of aryl methyl sites for hydroxylation is 1. The van der Waals surface area contributed by atoms with Gasteiger partial charge in [0.05, 0.1) is 17.3 Å². The van der Waals surface area contributed by atoms with Crippen molar-refractivity contribution in [3.8, 4) is 5.69 Å². The van der Waals surface area contributed by atoms with Crippen molar-refractivity contribution in [2.75, 3.05) is 10.2 Å². The SMILES string of the molecule is CCC(=O)Nc1ccc(N2C(=S)N[C@H](c3ccccn3)[C@H]2c2cccn2-c2cccc(C(=O)O)c2)cc1C. The molecule has 192 valence electrons. The van der Waals surface area contributed by atoms with Crippen molar-refractivity contribution in [3.63, 3.8) is 0 Å². The van der Waals surface area contributed by atoms with Crippen molar-refractivity contribution in [1.29, 1.82) is 0 Å². The van der Waals surface area contributed by atoms with Crippen LogP contribution in [0.15, 0.2) is 85.2 Å². The summed E-state index contributed by atoms with van der Waals surface area (Å²) in [7, 11) is 0. The molecular weight excluding hydrogens is 498 g/mol. The van der Waals surface area contributed by atoms with Crippen LogP contribution in [0.5, 0.6) is 0 Å². The number of thiocarbonyl (C=S) groups is 1. The van der Waals surface area contributed by atoms with Gasteiger partial charge < -0.3 is 25.2 Å². The third-order valence-electron chi connectivity index (χ3n) is 6.64. The fourth-order valence-corrected chi connectivity index (χ4v) is 5.11. The normalized spacial score (nSPS) is 16.8. The molecule has 1 amide bonds. The summed E-state index contributed by atoms with van der Waals surface area (Å²) in [4.78, 5) is 30.3. The number of nitrogens with one attached hydrogen (secondary N) is 2. The molecule has 0 spiro atoms. The number of benzene rings is 2. The van der Waals surface area contributed by atoms with E-state index in [9.17, 15) is 14.7 Å². The Labute approximate surface area is 225 Å². The molecule has 0 saturated carbocycles. The van der Waals surface area contributed by atoms with E-state index in [2.05, 4.69) is 20.5 Å². The smallest absolute Gasteiger partial charge is 0.335 e. The lowest BCUT2D eigenvalue weighted by molar-refractivity contribution is -0.115. The van der Waals surface area contributed by atoms with E-state index < -0.39 is 5.97 Å². The van der Waals surface area contributed by atoms with E-state index >= 15 is 0 Å². The molecule has 1 saturated heterocycles. The monoisotopic (exact) mass is 525 g/mol. The minimum Gasteiger partial charge on any atom is -0.478 e. The van der Waals surface area contributed by atoms with Crippen LogP contribution in [-0.4, -0.2) is 31.6 Å². The zero-order chi connectivity index (χ0) is 26.8. The first-order chi connectivity index (χ1) is 18.4. The molecule has 2 aromatic heterocycles. The first-order valence-electron chi connectivity index (χ1n) is 12.3. The number of aromatic carboxylic acids is 1. The molecule has 0 radical (unpaired) electrons. The van der Waals surface area contributed by atoms with Crippen LogP contribution in [0, 0.1) is 6.92 Å². The lowest BCUT2D eigenvalue weighted by Gasteiger charge is -2.29. The first kappa shape index (κ1) is 25.2. The average molecular weight is 526 g/mol. The maximum Gasteiger partial charge on any atom is 0.335 e. The van der Waals surface area contributed by atoms with Gasteiger partial charge in [0.15, 0.2) is 5.11 Å². The first-order valence-corrected chi connectivity index (χ1v) is 12.7. The number of anilines is 2. The molecule has 2 atom stereocenters. The van der Waals surface area contributed by atoms with E-state index in [1.54, 1.807) is 24.4 Å². The molecule has 1 aliphatic rings. The van der Waals surface area contributed by atoms with E-state index in [1.165, 1.54) is 0 Å². The molecule has 2 aromatic carbocycles. The Hall–Kier alpha value is -4.50. The summed E-state index contributed by atoms with van der Waals surface area (Å²) in [6.07, 6.45) is 4.07. The van der Waals surface area contributed by atoms with Gasteiger partial charge in [-0.25, -0.2) is 4.79 Å². The fraction of sp³-hybridized carbons (Fsp3) is 0.172. The highest BCUT2D eigenvalue weighted by Gasteiger charge is 2.42. The van der Waals surface area contributed by atoms with Crippen molar-refractivity contribution in [1.82, 2.24) is 14.9 Å². The van der Waals surface area contributed by atoms with Crippen LogP contribution in [0.1, 0.15) is 52.7 Å². The minimum atomic E-state index is -0.983. The number of carbonyl (C=O) groups is 2. The highest BCUT2D eigenvalue weighted by atomic mass is 32.1. The van der Waals surface area contributed by atoms with Crippen LogP contribution in [0.3, 0.4) is 0 Å². The van der Waals surface area contributed by atoms with Gasteiger partial charge in [-0.05, 0) is 85.4 Å². The third-order valence-corrected chi connectivity index (χ3v) is 6.95. The van der Waals surface area contributed by atoms with E-state index in [4.69, 9.17) is 12.2 Å². The summed E-state index contributed by atoms with van der Waals surface area (Å²) in [5.74, 6) is -1.03. The zero-order valence-electron chi connectivity index (χ0n) is 21.0. The number of pyridine rings is 1. The second-order valence-corrected chi connectivity index (χ2v) is 9.44. The summed E-state index contributed by atoms with van der Waals surface area (Å²) >= 11 is 5.86. The third kappa shape index (κ3) is 4.76. The molecule has 3 heterocycles. The predicted molar refractivity (Wildman–Crippen MR) is 151 cm³/mol. The average Bonchev–Trinajstić information content (AvgIpc) is 3.54. The van der Waals surface area contributed by atoms with Crippen LogP contribution < -0.4 is 15.5 Å². The van der Waals surface area contributed by atoms with Gasteiger partial charge in [0, 0.05) is 41.6 Å². The second-order valence-electron chi connectivity index (χ2n) is 9.06. The maximum absolute atomic E-state index is 12.0. The summed E-state index contributed by atoms with van der Waals surface area (Å²) in [5, 5.41) is 16.5. The number of carboxylic acid groups (broad SMARTS) is 1. The van der Waals surface area contributed by atoms with Gasteiger partial charge in [-0.2, -0.15) is 0 Å². The van der Waals surface area contributed by atoms with E-state index in [1.807, 2.05) is 79.2 Å². The molecule has 9 heteroatoms. The van der Waals surface area contributed by atoms with Crippen molar-refractivity contribution in [2.24, 2.45) is 0 Å². The topological polar surface area (TPSA) is 99.5 Å². The largest absolute Gasteiger partial charge is 0.478 e. The van der Waals surface area contributed by atoms with Crippen LogP contribution in [0.2, 0.25) is 0 Å². The van der Waals surface area contributed by atoms with Gasteiger partial charge in [-0.1, -0.05) is 19.1 Å². The van der Waals surface area contributed by atoms with Crippen LogP contribution in [0.25, 0.3) is 5.69 Å². The van der Waals surface area contributed by atoms with E-state index in [-0.39, 0.29) is 23.6 Å². The van der Waals surface area contributed by atoms with Crippen molar-refractivity contribution < 1.29 is 14.7 Å². The van der Waals surface area contributed by atoms with Crippen LogP contribution in [-0.2, 0) is 4.79 Å². The Morgan fingerprint density at radius 3 is 2.61 bits per heavy atom. The summed E-state index contributed by atoms with van der Waals surface area (Å²) in [6.45, 7) is 3.77. The molecule has 3 N–H and O–H groups in total. The maximum atomic E-state index is 12.0. The number of aromatic nitrogens is 2. The fourth-order valence-electron chi connectivity index (χ4n) is 4.77. The molecule has 0 unspecified atom stereocenters. The van der Waals surface area contributed by atoms with E-state index in [0.717, 1.165) is 34.0 Å². The van der Waals surface area contributed by atoms with Gasteiger partial charge in [-0.15, -0.1) is 0 Å². The molecule has 0 aliphatic carbocycles. The number of hydrogen-bond acceptors (Lipinski definition) is 4. The van der Waals surface area contributed by atoms with Gasteiger partial charge in [0.1, 0.15) is 6.04 Å². The van der Waals surface area contributed by atoms with Gasteiger partial charge >= 0.3 is 5.97 Å². The van der Waals surface area contributed by atoms with E-state index in [0.29, 0.717) is 11.5 Å². The summed E-state index contributed by atoms with van der Waals surface area (Å²) in [5.41, 5.74) is 5.22. The Morgan fingerprint density at radius 1 is 1.05 bits per heavy atom. The Balaban J connectivity index is 1.62. The van der Waals surface area contributed by atoms with Gasteiger partial charge in [0.2, 0.25) is 5.91 Å². The van der Waals surface area contributed by atoms with Crippen molar-refractivity contribution >= 4 is 40.6 Å². The Morgan fingerprint density at radius 2 is 1.89 bits per heavy atom. The van der Waals surface area contributed by atoms with Crippen LogP contribution in [0.4, 0.5) is 11.4 Å². The van der Waals surface area contributed by atoms with Crippen molar-refractivity contribution in [2.45, 2.75) is 32.4 Å². The number of rotatable bonds is 7. The highest BCUT2D eigenvalue weighted by Crippen LogP contribution is 2.43. The van der Waals surface area contributed by atoms with Crippen molar-refractivity contribution in [3.05, 3.63) is 108 Å². The molecule has 8 nitrogen and oxygen atoms in total. The zero-order valence-corrected chi connectivity index (χ0v) is 21.8. The predicted octanol–water partition coefficient (Wildman–Crippen LogP) is 5.40. The quantitative estimate of drug-likeness (QED) is 0.278. The number of hydrogen-bond donors (Lipinski definition) is 3. The highest BCUT2D eigenvalue weighted by molar-refractivity contribution is 7.80. The molecule has 1 aliphatic heterocycles. The van der Waals surface area contributed by atoms with Crippen LogP contribution >= 0.6 is 12.2 Å². The molecule has 38 heavy (non-hydrogen) atoms. The van der Waals surface area contributed by atoms with Gasteiger partial charge in [-0.3, -0.25) is 9.78 Å². The Kier molecular flexibility index (Phi) is 6.93. The number of carbonyl (C=O) groups excluding carboxylic acids is 1. The number of nitrogens with zero attached hydrogens (tertiary/aromatic N) is 3. The summed E-state index contributed by atoms with van der Waals surface area (Å²) in [6, 6.07) is 21.9. The molecule has 4 aromatic rings. The minimum absolute atomic E-state index is 0.0475. The second kappa shape index (κ2) is 10.5. The molecule has 1 fully saturated rings. The van der Waals surface area contributed by atoms with Gasteiger partial charge in [0.25, 0.3) is 0 Å². The molecule has 0 bridgehead atoms. The lowest BCUT2D eigenvalue weighted by Crippen LogP contribution is -2.30. The molecular formula is C29H27N5O3S. The standard InChI is InChI=1S/C29H27N5O3S/c1-3-25(35)31-22-13-12-21(16-18(22)2)34-27(26(32-29(34)38)23-10-4-5-14-30-23)24-11-7-15-33(24)20-9-6-8-19(17-20)28(36)37/h4-17,26-27H,3H2,1-2H3,(H,31,35)(H,32,38)(H,36,37)/t26-,27-/m1/s1. The summed E-state index contributed by atoms with van der Waals surface area (Å²) < 4.78 is 1.98. The lowest BCUT2D eigenvalue weighted by atomic mass is 10.00.